The summed E-state index contributed by atoms with van der Waals surface area (Å²) in [5, 5.41) is 0. The van der Waals surface area contributed by atoms with E-state index in [-0.39, 0.29) is 19.0 Å². The molecule has 0 aliphatic rings. The third kappa shape index (κ3) is 6.94. The molecule has 0 spiro atoms. The lowest BCUT2D eigenvalue weighted by atomic mass is 10.2. The van der Waals surface area contributed by atoms with E-state index in [0.717, 1.165) is 0 Å². The SMILES string of the molecule is CCN(CC)C(=O)CN(CC(N)=O)CC(C)C. The van der Waals surface area contributed by atoms with Gasteiger partial charge in [0, 0.05) is 19.6 Å². The zero-order chi connectivity index (χ0) is 13.4. The van der Waals surface area contributed by atoms with Crippen molar-refractivity contribution in [3.8, 4) is 0 Å². The molecule has 5 nitrogen and oxygen atoms in total. The van der Waals surface area contributed by atoms with Crippen LogP contribution < -0.4 is 5.73 Å². The Bertz CT molecular complexity index is 250. The fourth-order valence-corrected chi connectivity index (χ4v) is 1.79. The van der Waals surface area contributed by atoms with Gasteiger partial charge in [0.2, 0.25) is 11.8 Å². The average Bonchev–Trinajstić information content (AvgIpc) is 2.16. The van der Waals surface area contributed by atoms with Crippen LogP contribution in [0.25, 0.3) is 0 Å². The molecule has 2 N–H and O–H groups in total. The first-order valence-corrected chi connectivity index (χ1v) is 6.19. The maximum atomic E-state index is 11.9. The van der Waals surface area contributed by atoms with E-state index in [0.29, 0.717) is 25.6 Å². The lowest BCUT2D eigenvalue weighted by Gasteiger charge is -2.26. The Labute approximate surface area is 104 Å². The predicted molar refractivity (Wildman–Crippen MR) is 68.4 cm³/mol. The molecule has 100 valence electrons. The van der Waals surface area contributed by atoms with Gasteiger partial charge >= 0.3 is 0 Å². The van der Waals surface area contributed by atoms with E-state index in [1.165, 1.54) is 0 Å². The van der Waals surface area contributed by atoms with Crippen LogP contribution in [-0.4, -0.2) is 54.3 Å². The number of hydrogen-bond donors (Lipinski definition) is 1. The highest BCUT2D eigenvalue weighted by Crippen LogP contribution is 2.00. The number of carbonyl (C=O) groups excluding carboxylic acids is 2. The van der Waals surface area contributed by atoms with Crippen LogP contribution >= 0.6 is 0 Å². The number of carbonyl (C=O) groups is 2. The lowest BCUT2D eigenvalue weighted by molar-refractivity contribution is -0.132. The van der Waals surface area contributed by atoms with E-state index in [1.807, 2.05) is 18.7 Å². The number of amides is 2. The van der Waals surface area contributed by atoms with Gasteiger partial charge in [0.05, 0.1) is 13.1 Å². The highest BCUT2D eigenvalue weighted by molar-refractivity contribution is 5.80. The largest absolute Gasteiger partial charge is 0.369 e. The topological polar surface area (TPSA) is 66.6 Å². The van der Waals surface area contributed by atoms with Gasteiger partial charge in [-0.15, -0.1) is 0 Å². The van der Waals surface area contributed by atoms with Crippen molar-refractivity contribution in [1.29, 1.82) is 0 Å². The Morgan fingerprint density at radius 3 is 2.00 bits per heavy atom. The van der Waals surface area contributed by atoms with Gasteiger partial charge in [-0.25, -0.2) is 0 Å². The van der Waals surface area contributed by atoms with Crippen molar-refractivity contribution in [2.75, 3.05) is 32.7 Å². The van der Waals surface area contributed by atoms with Crippen molar-refractivity contribution >= 4 is 11.8 Å². The summed E-state index contributed by atoms with van der Waals surface area (Å²) >= 11 is 0. The van der Waals surface area contributed by atoms with E-state index in [2.05, 4.69) is 13.8 Å². The molecule has 5 heteroatoms. The zero-order valence-electron chi connectivity index (χ0n) is 11.4. The molecule has 0 aromatic heterocycles. The second kappa shape index (κ2) is 8.06. The van der Waals surface area contributed by atoms with E-state index < -0.39 is 5.91 Å². The molecule has 0 saturated carbocycles. The van der Waals surface area contributed by atoms with Crippen LogP contribution in [0.15, 0.2) is 0 Å². The third-order valence-electron chi connectivity index (χ3n) is 2.48. The first kappa shape index (κ1) is 15.9. The second-order valence-electron chi connectivity index (χ2n) is 4.60. The van der Waals surface area contributed by atoms with Gasteiger partial charge in [-0.05, 0) is 19.8 Å². The fraction of sp³-hybridized carbons (Fsp3) is 0.833. The van der Waals surface area contributed by atoms with E-state index in [1.54, 1.807) is 4.90 Å². The summed E-state index contributed by atoms with van der Waals surface area (Å²) in [6, 6.07) is 0. The standard InChI is InChI=1S/C12H25N3O2/c1-5-15(6-2)12(17)9-14(7-10(3)4)8-11(13)16/h10H,5-9H2,1-4H3,(H2,13,16). The number of primary amides is 1. The van der Waals surface area contributed by atoms with E-state index in [9.17, 15) is 9.59 Å². The smallest absolute Gasteiger partial charge is 0.236 e. The quantitative estimate of drug-likeness (QED) is 0.666. The summed E-state index contributed by atoms with van der Waals surface area (Å²) in [7, 11) is 0. The molecular weight excluding hydrogens is 218 g/mol. The lowest BCUT2D eigenvalue weighted by Crippen LogP contribution is -2.44. The molecule has 0 aromatic rings. The molecule has 2 amide bonds. The Kier molecular flexibility index (Phi) is 7.54. The van der Waals surface area contributed by atoms with Gasteiger partial charge in [-0.1, -0.05) is 13.8 Å². The summed E-state index contributed by atoms with van der Waals surface area (Å²) in [5.74, 6) is 0.0637. The predicted octanol–water partition coefficient (Wildman–Crippen LogP) is 0.298. The molecule has 17 heavy (non-hydrogen) atoms. The maximum absolute atomic E-state index is 11.9. The van der Waals surface area contributed by atoms with E-state index in [4.69, 9.17) is 5.73 Å². The Balaban J connectivity index is 4.40. The first-order valence-electron chi connectivity index (χ1n) is 6.19. The number of nitrogens with two attached hydrogens (primary N) is 1. The van der Waals surface area contributed by atoms with Gasteiger partial charge < -0.3 is 10.6 Å². The molecule has 0 aliphatic carbocycles. The number of hydrogen-bond acceptors (Lipinski definition) is 3. The summed E-state index contributed by atoms with van der Waals surface area (Å²) < 4.78 is 0. The first-order chi connectivity index (χ1) is 7.90. The van der Waals surface area contributed by atoms with Crippen LogP contribution in [0.1, 0.15) is 27.7 Å². The Morgan fingerprint density at radius 1 is 1.12 bits per heavy atom. The number of nitrogens with zero attached hydrogens (tertiary/aromatic N) is 2. The van der Waals surface area contributed by atoms with Crippen LogP contribution in [-0.2, 0) is 9.59 Å². The molecule has 0 heterocycles. The fourth-order valence-electron chi connectivity index (χ4n) is 1.79. The minimum absolute atomic E-state index is 0.0527. The molecule has 0 rings (SSSR count). The van der Waals surface area contributed by atoms with Crippen molar-refractivity contribution in [2.24, 2.45) is 11.7 Å². The zero-order valence-corrected chi connectivity index (χ0v) is 11.4. The summed E-state index contributed by atoms with van der Waals surface area (Å²) in [6.07, 6.45) is 0. The van der Waals surface area contributed by atoms with Gasteiger partial charge in [-0.2, -0.15) is 0 Å². The van der Waals surface area contributed by atoms with Crippen LogP contribution in [0.4, 0.5) is 0 Å². The minimum atomic E-state index is -0.391. The van der Waals surface area contributed by atoms with Crippen LogP contribution in [0, 0.1) is 5.92 Å². The highest BCUT2D eigenvalue weighted by Gasteiger charge is 2.17. The van der Waals surface area contributed by atoms with E-state index >= 15 is 0 Å². The van der Waals surface area contributed by atoms with Gasteiger partial charge in [0.15, 0.2) is 0 Å². The number of rotatable bonds is 8. The summed E-state index contributed by atoms with van der Waals surface area (Å²) in [5.41, 5.74) is 5.18. The monoisotopic (exact) mass is 243 g/mol. The van der Waals surface area contributed by atoms with Gasteiger partial charge in [0.1, 0.15) is 0 Å². The summed E-state index contributed by atoms with van der Waals surface area (Å²) in [6.45, 7) is 10.5. The molecule has 0 radical (unpaired) electrons. The van der Waals surface area contributed by atoms with Crippen molar-refractivity contribution in [3.63, 3.8) is 0 Å². The van der Waals surface area contributed by atoms with Gasteiger partial charge in [0.25, 0.3) is 0 Å². The van der Waals surface area contributed by atoms with Crippen LogP contribution in [0.5, 0.6) is 0 Å². The van der Waals surface area contributed by atoms with Crippen molar-refractivity contribution in [2.45, 2.75) is 27.7 Å². The van der Waals surface area contributed by atoms with Crippen molar-refractivity contribution < 1.29 is 9.59 Å². The maximum Gasteiger partial charge on any atom is 0.236 e. The molecule has 0 bridgehead atoms. The van der Waals surface area contributed by atoms with Crippen LogP contribution in [0.2, 0.25) is 0 Å². The molecule has 0 aliphatic heterocycles. The van der Waals surface area contributed by atoms with Crippen molar-refractivity contribution in [1.82, 2.24) is 9.80 Å². The molecule has 0 unspecified atom stereocenters. The molecule has 0 saturated heterocycles. The molecular formula is C12H25N3O2. The highest BCUT2D eigenvalue weighted by atomic mass is 16.2. The summed E-state index contributed by atoms with van der Waals surface area (Å²) in [4.78, 5) is 26.4. The third-order valence-corrected chi connectivity index (χ3v) is 2.48. The molecule has 0 aromatic carbocycles. The van der Waals surface area contributed by atoms with Gasteiger partial charge in [-0.3, -0.25) is 14.5 Å². The van der Waals surface area contributed by atoms with Crippen molar-refractivity contribution in [3.05, 3.63) is 0 Å². The molecule has 0 atom stereocenters. The van der Waals surface area contributed by atoms with Crippen LogP contribution in [0.3, 0.4) is 0 Å². The molecule has 0 fully saturated rings. The number of likely N-dealkylation sites (N-methyl/N-ethyl adjacent to an activating group) is 1. The second-order valence-corrected chi connectivity index (χ2v) is 4.60. The minimum Gasteiger partial charge on any atom is -0.369 e. The normalized spacial score (nSPS) is 10.9. The average molecular weight is 243 g/mol. The Hall–Kier alpha value is -1.10. The Morgan fingerprint density at radius 2 is 1.65 bits per heavy atom.